The van der Waals surface area contributed by atoms with Crippen LogP contribution in [0.5, 0.6) is 0 Å². The van der Waals surface area contributed by atoms with Crippen LogP contribution in [0.15, 0.2) is 54.6 Å². The molecule has 176 valence electrons. The van der Waals surface area contributed by atoms with Crippen molar-refractivity contribution in [2.75, 3.05) is 23.8 Å². The first-order valence-electron chi connectivity index (χ1n) is 11.0. The fourth-order valence-corrected chi connectivity index (χ4v) is 4.80. The monoisotopic (exact) mass is 496 g/mol. The summed E-state index contributed by atoms with van der Waals surface area (Å²) in [4.78, 5) is 30.9. The van der Waals surface area contributed by atoms with Gasteiger partial charge in [-0.3, -0.25) is 14.9 Å². The first-order chi connectivity index (χ1) is 16.5. The second-order valence-corrected chi connectivity index (χ2v) is 9.10. The number of hydrogen-bond acceptors (Lipinski definition) is 5. The highest BCUT2D eigenvalue weighted by atomic mass is 35.5. The smallest absolute Gasteiger partial charge is 0.268 e. The third-order valence-corrected chi connectivity index (χ3v) is 6.71. The molecule has 0 spiro atoms. The van der Waals surface area contributed by atoms with Crippen molar-refractivity contribution in [1.29, 1.82) is 0 Å². The van der Waals surface area contributed by atoms with Crippen molar-refractivity contribution in [3.05, 3.63) is 75.6 Å². The first-order valence-corrected chi connectivity index (χ1v) is 12.2. The maximum absolute atomic E-state index is 13.2. The van der Waals surface area contributed by atoms with Crippen LogP contribution in [-0.4, -0.2) is 34.6 Å². The van der Waals surface area contributed by atoms with Gasteiger partial charge >= 0.3 is 0 Å². The van der Waals surface area contributed by atoms with E-state index in [-0.39, 0.29) is 11.8 Å². The van der Waals surface area contributed by atoms with Gasteiger partial charge in [0.2, 0.25) is 5.95 Å². The van der Waals surface area contributed by atoms with Crippen molar-refractivity contribution in [1.82, 2.24) is 9.55 Å². The molecular formula is C25H25ClN4O3S. The number of benzene rings is 2. The largest absolute Gasteiger partial charge is 0.382 e. The fraction of sp³-hybridized carbons (Fsp3) is 0.240. The van der Waals surface area contributed by atoms with Crippen molar-refractivity contribution in [3.63, 3.8) is 0 Å². The Labute approximate surface area is 206 Å². The summed E-state index contributed by atoms with van der Waals surface area (Å²) < 4.78 is 7.46. The maximum Gasteiger partial charge on any atom is 0.268 e. The van der Waals surface area contributed by atoms with Gasteiger partial charge < -0.3 is 14.6 Å². The molecule has 34 heavy (non-hydrogen) atoms. The van der Waals surface area contributed by atoms with E-state index in [2.05, 4.69) is 15.6 Å². The molecule has 0 atom stereocenters. The van der Waals surface area contributed by atoms with Gasteiger partial charge in [0.25, 0.3) is 11.8 Å². The quantitative estimate of drug-likeness (QED) is 0.279. The molecule has 0 saturated carbocycles. The lowest BCUT2D eigenvalue weighted by Crippen LogP contribution is -2.16. The number of para-hydroxylation sites is 2. The minimum Gasteiger partial charge on any atom is -0.382 e. The van der Waals surface area contributed by atoms with E-state index in [0.717, 1.165) is 23.0 Å². The average molecular weight is 497 g/mol. The van der Waals surface area contributed by atoms with E-state index in [0.29, 0.717) is 46.2 Å². The summed E-state index contributed by atoms with van der Waals surface area (Å²) in [5.41, 5.74) is 2.90. The molecule has 2 aromatic heterocycles. The lowest BCUT2D eigenvalue weighted by Gasteiger charge is -2.10. The van der Waals surface area contributed by atoms with E-state index in [9.17, 15) is 9.59 Å². The molecule has 2 amide bonds. The number of aryl methyl sites for hydroxylation is 2. The summed E-state index contributed by atoms with van der Waals surface area (Å²) in [6, 6.07) is 16.4. The highest BCUT2D eigenvalue weighted by molar-refractivity contribution is 7.18. The summed E-state index contributed by atoms with van der Waals surface area (Å²) in [7, 11) is 0. The number of anilines is 2. The Morgan fingerprint density at radius 1 is 1.09 bits per heavy atom. The highest BCUT2D eigenvalue weighted by Crippen LogP contribution is 2.29. The summed E-state index contributed by atoms with van der Waals surface area (Å²) in [5.74, 6) is -0.117. The SMILES string of the molecule is CCOCCCn1c(NC(=O)c2sc(NC(=O)c3ccccc3Cl)cc2C)nc2ccccc21. The van der Waals surface area contributed by atoms with Gasteiger partial charge in [-0.25, -0.2) is 4.98 Å². The van der Waals surface area contributed by atoms with Gasteiger partial charge in [-0.05, 0) is 56.2 Å². The average Bonchev–Trinajstić information content (AvgIpc) is 3.36. The predicted molar refractivity (Wildman–Crippen MR) is 137 cm³/mol. The zero-order valence-electron chi connectivity index (χ0n) is 18.9. The van der Waals surface area contributed by atoms with Crippen LogP contribution >= 0.6 is 22.9 Å². The Hall–Kier alpha value is -3.20. The van der Waals surface area contributed by atoms with E-state index in [1.165, 1.54) is 11.3 Å². The number of aromatic nitrogens is 2. The second kappa shape index (κ2) is 10.8. The molecule has 4 aromatic rings. The normalized spacial score (nSPS) is 11.0. The molecule has 2 aromatic carbocycles. The second-order valence-electron chi connectivity index (χ2n) is 7.64. The standard InChI is InChI=1S/C25H25ClN4O3S/c1-3-33-14-8-13-30-20-12-7-6-11-19(20)27-25(30)29-24(32)22-16(2)15-21(34-22)28-23(31)17-9-4-5-10-18(17)26/h4-7,9-12,15H,3,8,13-14H2,1-2H3,(H,28,31)(H,27,29,32). The Balaban J connectivity index is 1.52. The number of hydrogen-bond donors (Lipinski definition) is 2. The lowest BCUT2D eigenvalue weighted by atomic mass is 10.2. The number of amides is 2. The van der Waals surface area contributed by atoms with Gasteiger partial charge in [-0.2, -0.15) is 0 Å². The van der Waals surface area contributed by atoms with Crippen LogP contribution < -0.4 is 10.6 Å². The van der Waals surface area contributed by atoms with Crippen LogP contribution in [-0.2, 0) is 11.3 Å². The number of halogens is 1. The number of nitrogens with one attached hydrogen (secondary N) is 2. The van der Waals surface area contributed by atoms with E-state index < -0.39 is 0 Å². The summed E-state index contributed by atoms with van der Waals surface area (Å²) >= 11 is 7.33. The zero-order chi connectivity index (χ0) is 24.1. The Kier molecular flexibility index (Phi) is 7.62. The molecule has 2 heterocycles. The third-order valence-electron chi connectivity index (χ3n) is 5.23. The first kappa shape index (κ1) is 23.9. The fourth-order valence-electron chi connectivity index (χ4n) is 3.62. The van der Waals surface area contributed by atoms with Crippen LogP contribution in [0.1, 0.15) is 38.9 Å². The Bertz CT molecular complexity index is 1330. The van der Waals surface area contributed by atoms with Gasteiger partial charge in [0, 0.05) is 19.8 Å². The summed E-state index contributed by atoms with van der Waals surface area (Å²) in [5, 5.41) is 6.72. The van der Waals surface area contributed by atoms with Crippen molar-refractivity contribution < 1.29 is 14.3 Å². The van der Waals surface area contributed by atoms with E-state index in [4.69, 9.17) is 16.3 Å². The molecule has 4 rings (SSSR count). The highest BCUT2D eigenvalue weighted by Gasteiger charge is 2.19. The van der Waals surface area contributed by atoms with Crippen molar-refractivity contribution in [2.24, 2.45) is 0 Å². The molecule has 0 radical (unpaired) electrons. The Morgan fingerprint density at radius 2 is 1.85 bits per heavy atom. The minimum atomic E-state index is -0.324. The molecule has 9 heteroatoms. The molecule has 0 saturated heterocycles. The van der Waals surface area contributed by atoms with Crippen LogP contribution in [0.2, 0.25) is 5.02 Å². The van der Waals surface area contributed by atoms with Crippen molar-refractivity contribution in [2.45, 2.75) is 26.8 Å². The molecule has 0 aliphatic heterocycles. The number of carbonyl (C=O) groups is 2. The summed E-state index contributed by atoms with van der Waals surface area (Å²) in [6.45, 7) is 5.77. The number of ether oxygens (including phenoxy) is 1. The molecule has 2 N–H and O–H groups in total. The molecule has 0 aliphatic carbocycles. The predicted octanol–water partition coefficient (Wildman–Crippen LogP) is 5.99. The lowest BCUT2D eigenvalue weighted by molar-refractivity contribution is 0.101. The third kappa shape index (κ3) is 5.30. The number of nitrogens with zero attached hydrogens (tertiary/aromatic N) is 2. The van der Waals surface area contributed by atoms with Crippen molar-refractivity contribution in [3.8, 4) is 0 Å². The van der Waals surface area contributed by atoms with Crippen molar-refractivity contribution >= 4 is 56.7 Å². The molecule has 0 bridgehead atoms. The maximum atomic E-state index is 13.2. The van der Waals surface area contributed by atoms with Crippen LogP contribution in [0.3, 0.4) is 0 Å². The molecule has 0 unspecified atom stereocenters. The van der Waals surface area contributed by atoms with E-state index in [1.807, 2.05) is 42.7 Å². The number of imidazole rings is 1. The zero-order valence-corrected chi connectivity index (χ0v) is 20.5. The molecule has 0 fully saturated rings. The van der Waals surface area contributed by atoms with Gasteiger partial charge in [0.1, 0.15) is 0 Å². The number of rotatable bonds is 9. The molecular weight excluding hydrogens is 472 g/mol. The minimum absolute atomic E-state index is 0.276. The number of carbonyl (C=O) groups excluding carboxylic acids is 2. The Morgan fingerprint density at radius 3 is 2.65 bits per heavy atom. The van der Waals surface area contributed by atoms with Gasteiger partial charge in [-0.15, -0.1) is 11.3 Å². The molecule has 7 nitrogen and oxygen atoms in total. The summed E-state index contributed by atoms with van der Waals surface area (Å²) in [6.07, 6.45) is 0.799. The number of fused-ring (bicyclic) bond motifs is 1. The van der Waals surface area contributed by atoms with Crippen LogP contribution in [0.25, 0.3) is 11.0 Å². The topological polar surface area (TPSA) is 85.2 Å². The van der Waals surface area contributed by atoms with Gasteiger partial charge in [0.05, 0.1) is 31.5 Å². The van der Waals surface area contributed by atoms with Crippen LogP contribution in [0, 0.1) is 6.92 Å². The van der Waals surface area contributed by atoms with Crippen LogP contribution in [0.4, 0.5) is 10.9 Å². The van der Waals surface area contributed by atoms with Gasteiger partial charge in [0.15, 0.2) is 0 Å². The van der Waals surface area contributed by atoms with Gasteiger partial charge in [-0.1, -0.05) is 35.9 Å². The number of thiophene rings is 1. The van der Waals surface area contributed by atoms with E-state index in [1.54, 1.807) is 30.3 Å². The molecule has 0 aliphatic rings. The van der Waals surface area contributed by atoms with E-state index >= 15 is 0 Å².